The first-order valence-electron chi connectivity index (χ1n) is 8.66. The van der Waals surface area contributed by atoms with Gasteiger partial charge in [0.15, 0.2) is 17.5 Å². The third-order valence-corrected chi connectivity index (χ3v) is 3.64. The number of nitro benzene ring substituents is 1. The van der Waals surface area contributed by atoms with Crippen molar-refractivity contribution < 1.29 is 14.4 Å². The number of hydrogen-bond acceptors (Lipinski definition) is 5. The highest BCUT2D eigenvalue weighted by Gasteiger charge is 2.07. The Morgan fingerprint density at radius 3 is 2.48 bits per heavy atom. The Hall–Kier alpha value is -3.29. The fourth-order valence-corrected chi connectivity index (χ4v) is 2.36. The lowest BCUT2D eigenvalue weighted by molar-refractivity contribution is -0.384. The second-order valence-corrected chi connectivity index (χ2v) is 5.54. The average molecular weight is 372 g/mol. The summed E-state index contributed by atoms with van der Waals surface area (Å²) in [5.74, 6) is 1.91. The maximum atomic E-state index is 10.7. The van der Waals surface area contributed by atoms with Crippen LogP contribution in [0.3, 0.4) is 0 Å². The minimum absolute atomic E-state index is 0.0641. The first-order valence-corrected chi connectivity index (χ1v) is 8.66. The van der Waals surface area contributed by atoms with Gasteiger partial charge in [-0.15, -0.1) is 0 Å². The van der Waals surface area contributed by atoms with Crippen LogP contribution in [0.1, 0.15) is 19.4 Å². The van der Waals surface area contributed by atoms with Crippen LogP contribution in [-0.2, 0) is 6.54 Å². The summed E-state index contributed by atoms with van der Waals surface area (Å²) in [6.07, 6.45) is 0. The highest BCUT2D eigenvalue weighted by Crippen LogP contribution is 2.30. The summed E-state index contributed by atoms with van der Waals surface area (Å²) in [5, 5.41) is 17.1. The molecule has 0 amide bonds. The molecule has 0 saturated carbocycles. The summed E-state index contributed by atoms with van der Waals surface area (Å²) in [6, 6.07) is 11.9. The number of nitrogens with one attached hydrogen (secondary N) is 2. The Kier molecular flexibility index (Phi) is 7.42. The number of non-ortho nitro benzene ring substituents is 1. The molecule has 2 aromatic rings. The van der Waals surface area contributed by atoms with E-state index in [1.807, 2.05) is 32.0 Å². The van der Waals surface area contributed by atoms with Crippen LogP contribution in [-0.4, -0.2) is 31.1 Å². The lowest BCUT2D eigenvalue weighted by Gasteiger charge is -2.14. The number of hydrogen-bond donors (Lipinski definition) is 2. The zero-order valence-electron chi connectivity index (χ0n) is 15.7. The number of guanidine groups is 1. The molecule has 0 spiro atoms. The van der Waals surface area contributed by atoms with Crippen LogP contribution in [0.5, 0.6) is 11.5 Å². The van der Waals surface area contributed by atoms with Crippen molar-refractivity contribution in [1.29, 1.82) is 0 Å². The van der Waals surface area contributed by atoms with Gasteiger partial charge in [-0.1, -0.05) is 12.1 Å². The summed E-state index contributed by atoms with van der Waals surface area (Å²) in [7, 11) is 1.59. The van der Waals surface area contributed by atoms with Gasteiger partial charge < -0.3 is 20.1 Å². The molecule has 8 heteroatoms. The van der Waals surface area contributed by atoms with Crippen LogP contribution >= 0.6 is 0 Å². The molecule has 0 heterocycles. The molecule has 0 aliphatic carbocycles. The van der Waals surface area contributed by atoms with Gasteiger partial charge in [-0.2, -0.15) is 0 Å². The van der Waals surface area contributed by atoms with Gasteiger partial charge in [-0.25, -0.2) is 4.99 Å². The van der Waals surface area contributed by atoms with Gasteiger partial charge in [-0.3, -0.25) is 10.1 Å². The van der Waals surface area contributed by atoms with Crippen LogP contribution in [0.15, 0.2) is 47.5 Å². The second kappa shape index (κ2) is 10.0. The van der Waals surface area contributed by atoms with Gasteiger partial charge in [0, 0.05) is 30.4 Å². The molecule has 0 aliphatic heterocycles. The van der Waals surface area contributed by atoms with Gasteiger partial charge >= 0.3 is 0 Å². The third kappa shape index (κ3) is 5.88. The van der Waals surface area contributed by atoms with Gasteiger partial charge in [0.05, 0.1) is 25.2 Å². The number of anilines is 1. The average Bonchev–Trinajstić information content (AvgIpc) is 2.68. The number of aliphatic imine (C=N–C) groups is 1. The molecule has 0 bridgehead atoms. The van der Waals surface area contributed by atoms with E-state index >= 15 is 0 Å². The van der Waals surface area contributed by atoms with Crippen LogP contribution in [0.25, 0.3) is 0 Å². The first kappa shape index (κ1) is 20.0. The Labute approximate surface area is 158 Å². The van der Waals surface area contributed by atoms with Gasteiger partial charge in [0.2, 0.25) is 0 Å². The van der Waals surface area contributed by atoms with E-state index in [2.05, 4.69) is 15.6 Å². The molecule has 0 atom stereocenters. The van der Waals surface area contributed by atoms with Crippen molar-refractivity contribution in [2.24, 2.45) is 4.99 Å². The van der Waals surface area contributed by atoms with Crippen LogP contribution < -0.4 is 20.1 Å². The number of rotatable bonds is 8. The number of nitrogens with zero attached hydrogens (tertiary/aromatic N) is 2. The number of methoxy groups -OCH3 is 1. The Morgan fingerprint density at radius 1 is 1.15 bits per heavy atom. The van der Waals surface area contributed by atoms with Gasteiger partial charge in [0.1, 0.15) is 0 Å². The monoisotopic (exact) mass is 372 g/mol. The molecule has 8 nitrogen and oxygen atoms in total. The summed E-state index contributed by atoms with van der Waals surface area (Å²) in [6.45, 7) is 5.53. The smallest absolute Gasteiger partial charge is 0.269 e. The summed E-state index contributed by atoms with van der Waals surface area (Å²) < 4.78 is 10.9. The zero-order chi connectivity index (χ0) is 19.6. The first-order chi connectivity index (χ1) is 13.1. The summed E-state index contributed by atoms with van der Waals surface area (Å²) >= 11 is 0. The van der Waals surface area contributed by atoms with E-state index in [4.69, 9.17) is 9.47 Å². The molecule has 0 aliphatic rings. The minimum atomic E-state index is -0.419. The highest BCUT2D eigenvalue weighted by molar-refractivity contribution is 5.93. The zero-order valence-corrected chi connectivity index (χ0v) is 15.7. The second-order valence-electron chi connectivity index (χ2n) is 5.54. The van der Waals surface area contributed by atoms with Crippen LogP contribution in [0, 0.1) is 10.1 Å². The van der Waals surface area contributed by atoms with E-state index in [0.29, 0.717) is 37.2 Å². The minimum Gasteiger partial charge on any atom is -0.493 e. The van der Waals surface area contributed by atoms with Crippen molar-refractivity contribution in [1.82, 2.24) is 5.32 Å². The van der Waals surface area contributed by atoms with E-state index in [1.54, 1.807) is 19.2 Å². The highest BCUT2D eigenvalue weighted by atomic mass is 16.6. The lowest BCUT2D eigenvalue weighted by Crippen LogP contribution is -2.30. The number of benzene rings is 2. The molecular formula is C19H24N4O4. The molecule has 0 radical (unpaired) electrons. The summed E-state index contributed by atoms with van der Waals surface area (Å²) in [4.78, 5) is 14.8. The molecule has 27 heavy (non-hydrogen) atoms. The topological polar surface area (TPSA) is 98.0 Å². The van der Waals surface area contributed by atoms with Gasteiger partial charge in [-0.05, 0) is 31.5 Å². The third-order valence-electron chi connectivity index (χ3n) is 3.64. The van der Waals surface area contributed by atoms with E-state index in [-0.39, 0.29) is 5.69 Å². The van der Waals surface area contributed by atoms with E-state index in [1.165, 1.54) is 12.1 Å². The maximum absolute atomic E-state index is 10.7. The molecule has 2 N–H and O–H groups in total. The summed E-state index contributed by atoms with van der Waals surface area (Å²) in [5.41, 5.74) is 1.75. The van der Waals surface area contributed by atoms with Crippen molar-refractivity contribution in [2.45, 2.75) is 20.4 Å². The lowest BCUT2D eigenvalue weighted by atomic mass is 10.2. The van der Waals surface area contributed by atoms with E-state index in [0.717, 1.165) is 11.3 Å². The molecule has 2 rings (SSSR count). The molecule has 0 aromatic heterocycles. The molecular weight excluding hydrogens is 348 g/mol. The van der Waals surface area contributed by atoms with Crippen LogP contribution in [0.2, 0.25) is 0 Å². The molecule has 144 valence electrons. The molecule has 0 saturated heterocycles. The van der Waals surface area contributed by atoms with E-state index in [9.17, 15) is 10.1 Å². The van der Waals surface area contributed by atoms with E-state index < -0.39 is 4.92 Å². The fourth-order valence-electron chi connectivity index (χ4n) is 2.36. The Morgan fingerprint density at radius 2 is 1.89 bits per heavy atom. The normalized spacial score (nSPS) is 11.0. The maximum Gasteiger partial charge on any atom is 0.269 e. The molecule has 0 fully saturated rings. The Bertz CT molecular complexity index is 791. The van der Waals surface area contributed by atoms with Crippen molar-refractivity contribution in [3.63, 3.8) is 0 Å². The fraction of sp³-hybridized carbons (Fsp3) is 0.316. The predicted octanol–water partition coefficient (Wildman–Crippen LogP) is 3.58. The number of nitro groups is 1. The van der Waals surface area contributed by atoms with Gasteiger partial charge in [0.25, 0.3) is 5.69 Å². The van der Waals surface area contributed by atoms with Crippen molar-refractivity contribution in [3.05, 3.63) is 58.1 Å². The standard InChI is InChI=1S/C19H24N4O4/c1-4-20-19(21-13-14-6-9-16(10-7-14)23(24)25)22-15-8-11-17(27-5-2)18(12-15)26-3/h6-12H,4-5,13H2,1-3H3,(H2,20,21,22). The molecule has 2 aromatic carbocycles. The predicted molar refractivity (Wildman–Crippen MR) is 106 cm³/mol. The van der Waals surface area contributed by atoms with Crippen molar-refractivity contribution in [3.8, 4) is 11.5 Å². The van der Waals surface area contributed by atoms with Crippen molar-refractivity contribution >= 4 is 17.3 Å². The number of ether oxygens (including phenoxy) is 2. The van der Waals surface area contributed by atoms with Crippen molar-refractivity contribution in [2.75, 3.05) is 25.6 Å². The molecule has 0 unspecified atom stereocenters. The Balaban J connectivity index is 2.12. The quantitative estimate of drug-likeness (QED) is 0.318. The largest absolute Gasteiger partial charge is 0.493 e. The van der Waals surface area contributed by atoms with Crippen LogP contribution in [0.4, 0.5) is 11.4 Å². The SMILES string of the molecule is CCNC(=NCc1ccc([N+](=O)[O-])cc1)Nc1ccc(OCC)c(OC)c1.